The molecule has 15 heavy (non-hydrogen) atoms. The van der Waals surface area contributed by atoms with Gasteiger partial charge in [-0.25, -0.2) is 18.1 Å². The quantitative estimate of drug-likeness (QED) is 0.597. The highest BCUT2D eigenvalue weighted by atomic mass is 32.2. The van der Waals surface area contributed by atoms with Gasteiger partial charge in [0, 0.05) is 13.1 Å². The summed E-state index contributed by atoms with van der Waals surface area (Å²) in [6.07, 6.45) is 1.31. The van der Waals surface area contributed by atoms with Crippen LogP contribution < -0.4 is 10.5 Å². The second-order valence-corrected chi connectivity index (χ2v) is 4.88. The van der Waals surface area contributed by atoms with E-state index in [1.165, 1.54) is 17.9 Å². The molecule has 0 spiro atoms. The normalized spacial score (nSPS) is 14.1. The van der Waals surface area contributed by atoms with Gasteiger partial charge in [-0.3, -0.25) is 0 Å². The molecule has 0 saturated carbocycles. The number of rotatable bonds is 4. The van der Waals surface area contributed by atoms with E-state index in [0.29, 0.717) is 0 Å². The summed E-state index contributed by atoms with van der Waals surface area (Å²) < 4.78 is 27.1. The molecule has 8 heteroatoms. The lowest BCUT2D eigenvalue weighted by Gasteiger charge is -2.11. The van der Waals surface area contributed by atoms with Crippen molar-refractivity contribution in [1.29, 1.82) is 0 Å². The van der Waals surface area contributed by atoms with Gasteiger partial charge in [0.05, 0.1) is 12.9 Å². The second kappa shape index (κ2) is 4.17. The molecular weight excluding hydrogens is 220 g/mol. The van der Waals surface area contributed by atoms with Crippen molar-refractivity contribution < 1.29 is 13.5 Å². The van der Waals surface area contributed by atoms with Gasteiger partial charge < -0.3 is 15.4 Å². The number of aryl methyl sites for hydroxylation is 1. The van der Waals surface area contributed by atoms with Crippen LogP contribution in [-0.2, 0) is 17.1 Å². The molecule has 0 aliphatic heterocycles. The van der Waals surface area contributed by atoms with Crippen LogP contribution in [0.2, 0.25) is 0 Å². The van der Waals surface area contributed by atoms with E-state index in [-0.39, 0.29) is 17.5 Å². The first-order valence-electron chi connectivity index (χ1n) is 4.28. The number of hydrogen-bond donors (Lipinski definition) is 3. The molecule has 0 radical (unpaired) electrons. The molecule has 0 aliphatic carbocycles. The monoisotopic (exact) mass is 234 g/mol. The minimum Gasteiger partial charge on any atom is -0.395 e. The van der Waals surface area contributed by atoms with Gasteiger partial charge in [0.15, 0.2) is 10.8 Å². The molecule has 1 rings (SSSR count). The summed E-state index contributed by atoms with van der Waals surface area (Å²) in [5, 5.41) is 8.66. The van der Waals surface area contributed by atoms with Gasteiger partial charge in [-0.15, -0.1) is 0 Å². The van der Waals surface area contributed by atoms with Crippen LogP contribution in [0.3, 0.4) is 0 Å². The number of anilines is 1. The van der Waals surface area contributed by atoms with Gasteiger partial charge >= 0.3 is 0 Å². The largest absolute Gasteiger partial charge is 0.395 e. The number of imidazole rings is 1. The van der Waals surface area contributed by atoms with Crippen LogP contribution in [-0.4, -0.2) is 35.7 Å². The number of hydrogen-bond acceptors (Lipinski definition) is 5. The Hall–Kier alpha value is -1.12. The highest BCUT2D eigenvalue weighted by molar-refractivity contribution is 7.89. The number of nitrogen functional groups attached to an aromatic ring is 1. The fourth-order valence-corrected chi connectivity index (χ4v) is 2.59. The number of aliphatic hydroxyl groups is 1. The molecule has 1 aromatic heterocycles. The zero-order chi connectivity index (χ0) is 11.6. The van der Waals surface area contributed by atoms with Crippen molar-refractivity contribution in [2.24, 2.45) is 7.05 Å². The Labute approximate surface area is 88.0 Å². The van der Waals surface area contributed by atoms with Gasteiger partial charge in [0.2, 0.25) is 0 Å². The zero-order valence-electron chi connectivity index (χ0n) is 8.51. The minimum absolute atomic E-state index is 0.0601. The third-order valence-electron chi connectivity index (χ3n) is 1.79. The van der Waals surface area contributed by atoms with E-state index in [4.69, 9.17) is 10.8 Å². The summed E-state index contributed by atoms with van der Waals surface area (Å²) in [5.41, 5.74) is 5.43. The molecule has 0 saturated heterocycles. The van der Waals surface area contributed by atoms with Crippen LogP contribution in [0, 0.1) is 0 Å². The summed E-state index contributed by atoms with van der Waals surface area (Å²) in [6, 6.07) is -0.565. The van der Waals surface area contributed by atoms with Gasteiger partial charge in [0.25, 0.3) is 10.0 Å². The Morgan fingerprint density at radius 1 is 1.73 bits per heavy atom. The third kappa shape index (κ3) is 2.46. The summed E-state index contributed by atoms with van der Waals surface area (Å²) in [4.78, 5) is 3.67. The van der Waals surface area contributed by atoms with Gasteiger partial charge in [-0.1, -0.05) is 0 Å². The predicted octanol–water partition coefficient (Wildman–Crippen LogP) is -1.34. The minimum atomic E-state index is -3.72. The maximum absolute atomic E-state index is 11.7. The van der Waals surface area contributed by atoms with Crippen LogP contribution in [0.1, 0.15) is 6.92 Å². The van der Waals surface area contributed by atoms with Crippen molar-refractivity contribution in [2.45, 2.75) is 18.0 Å². The number of nitrogens with zero attached hydrogens (tertiary/aromatic N) is 2. The lowest BCUT2D eigenvalue weighted by Crippen LogP contribution is -2.36. The van der Waals surface area contributed by atoms with E-state index in [1.807, 2.05) is 0 Å². The van der Waals surface area contributed by atoms with Crippen LogP contribution in [0.25, 0.3) is 0 Å². The van der Waals surface area contributed by atoms with Gasteiger partial charge in [0.1, 0.15) is 0 Å². The van der Waals surface area contributed by atoms with E-state index < -0.39 is 16.1 Å². The highest BCUT2D eigenvalue weighted by Crippen LogP contribution is 2.15. The lowest BCUT2D eigenvalue weighted by molar-refractivity contribution is 0.265. The van der Waals surface area contributed by atoms with Crippen molar-refractivity contribution in [3.05, 3.63) is 6.33 Å². The maximum atomic E-state index is 11.7. The molecule has 1 aromatic rings. The van der Waals surface area contributed by atoms with Crippen LogP contribution in [0.5, 0.6) is 0 Å². The van der Waals surface area contributed by atoms with Crippen molar-refractivity contribution in [2.75, 3.05) is 12.3 Å². The van der Waals surface area contributed by atoms with E-state index in [9.17, 15) is 8.42 Å². The Kier molecular flexibility index (Phi) is 3.32. The molecule has 4 N–H and O–H groups in total. The fourth-order valence-electron chi connectivity index (χ4n) is 1.12. The molecule has 0 aromatic carbocycles. The summed E-state index contributed by atoms with van der Waals surface area (Å²) in [7, 11) is -2.19. The standard InChI is InChI=1S/C7H14N4O3S/c1-5(3-12)10-15(13,14)7-6(8)9-4-11(7)2/h4-5,10,12H,3,8H2,1-2H3/t5-/m0/s1. The summed E-state index contributed by atoms with van der Waals surface area (Å²) in [6.45, 7) is 1.26. The average molecular weight is 234 g/mol. The molecular formula is C7H14N4O3S. The number of sulfonamides is 1. The number of nitrogens with one attached hydrogen (secondary N) is 1. The van der Waals surface area contributed by atoms with E-state index in [2.05, 4.69) is 9.71 Å². The van der Waals surface area contributed by atoms with Gasteiger partial charge in [-0.05, 0) is 6.92 Å². The van der Waals surface area contributed by atoms with Gasteiger partial charge in [-0.2, -0.15) is 0 Å². The van der Waals surface area contributed by atoms with Crippen molar-refractivity contribution in [3.63, 3.8) is 0 Å². The highest BCUT2D eigenvalue weighted by Gasteiger charge is 2.23. The molecule has 0 bridgehead atoms. The Balaban J connectivity index is 3.07. The molecule has 0 fully saturated rings. The van der Waals surface area contributed by atoms with E-state index in [1.54, 1.807) is 6.92 Å². The summed E-state index contributed by atoms with van der Waals surface area (Å²) >= 11 is 0. The first kappa shape index (κ1) is 12.0. The SMILES string of the molecule is C[C@@H](CO)NS(=O)(=O)c1c(N)ncn1C. The molecule has 86 valence electrons. The Bertz CT molecular complexity index is 420. The topological polar surface area (TPSA) is 110 Å². The number of aromatic nitrogens is 2. The number of aliphatic hydroxyl groups excluding tert-OH is 1. The molecule has 0 aliphatic rings. The van der Waals surface area contributed by atoms with E-state index >= 15 is 0 Å². The molecule has 0 amide bonds. The fraction of sp³-hybridized carbons (Fsp3) is 0.571. The average Bonchev–Trinajstić information content (AvgIpc) is 2.45. The first-order valence-corrected chi connectivity index (χ1v) is 5.76. The predicted molar refractivity (Wildman–Crippen MR) is 54.5 cm³/mol. The molecule has 0 unspecified atom stereocenters. The van der Waals surface area contributed by atoms with Crippen LogP contribution in [0.15, 0.2) is 11.4 Å². The van der Waals surface area contributed by atoms with Crippen LogP contribution >= 0.6 is 0 Å². The molecule has 1 heterocycles. The maximum Gasteiger partial charge on any atom is 0.260 e. The van der Waals surface area contributed by atoms with Crippen molar-refractivity contribution >= 4 is 15.8 Å². The van der Waals surface area contributed by atoms with Crippen molar-refractivity contribution in [3.8, 4) is 0 Å². The molecule has 1 atom stereocenters. The lowest BCUT2D eigenvalue weighted by atomic mass is 10.4. The first-order chi connectivity index (χ1) is 6.88. The van der Waals surface area contributed by atoms with Crippen LogP contribution in [0.4, 0.5) is 5.82 Å². The molecule has 7 nitrogen and oxygen atoms in total. The smallest absolute Gasteiger partial charge is 0.260 e. The second-order valence-electron chi connectivity index (χ2n) is 3.25. The Morgan fingerprint density at radius 2 is 2.33 bits per heavy atom. The zero-order valence-corrected chi connectivity index (χ0v) is 9.32. The van der Waals surface area contributed by atoms with E-state index in [0.717, 1.165) is 0 Å². The Morgan fingerprint density at radius 3 is 2.73 bits per heavy atom. The number of nitrogens with two attached hydrogens (primary N) is 1. The summed E-state index contributed by atoms with van der Waals surface area (Å²) in [5.74, 6) is -0.0601. The van der Waals surface area contributed by atoms with Crippen molar-refractivity contribution in [1.82, 2.24) is 14.3 Å². The third-order valence-corrected chi connectivity index (χ3v) is 3.51.